The van der Waals surface area contributed by atoms with Crippen molar-refractivity contribution in [3.8, 4) is 0 Å². The van der Waals surface area contributed by atoms with E-state index in [9.17, 15) is 14.7 Å². The molecule has 0 aromatic heterocycles. The molecule has 0 saturated carbocycles. The second kappa shape index (κ2) is 8.59. The average molecular weight is 343 g/mol. The van der Waals surface area contributed by atoms with Crippen molar-refractivity contribution in [3.63, 3.8) is 0 Å². The molecule has 0 bridgehead atoms. The van der Waals surface area contributed by atoms with E-state index in [1.54, 1.807) is 0 Å². The Labute approximate surface area is 143 Å². The van der Waals surface area contributed by atoms with Gasteiger partial charge in [-0.3, -0.25) is 9.80 Å². The Kier molecular flexibility index (Phi) is 7.41. The largest absolute Gasteiger partial charge is 0.349 e. The Morgan fingerprint density at radius 2 is 1.43 bits per heavy atom. The summed E-state index contributed by atoms with van der Waals surface area (Å²) < 4.78 is 0. The highest BCUT2D eigenvalue weighted by molar-refractivity contribution is 8.03. The van der Waals surface area contributed by atoms with Crippen LogP contribution in [0.25, 0.3) is 0 Å². The summed E-state index contributed by atoms with van der Waals surface area (Å²) in [5.74, 6) is -1.05. The topological polar surface area (TPSA) is 64.1 Å². The Morgan fingerprint density at radius 3 is 1.78 bits per heavy atom. The van der Waals surface area contributed by atoms with Crippen molar-refractivity contribution in [2.45, 2.75) is 52.8 Å². The van der Waals surface area contributed by atoms with Crippen LogP contribution in [0, 0.1) is 0 Å². The number of hydrogen-bond acceptors (Lipinski definition) is 4. The molecule has 1 fully saturated rings. The summed E-state index contributed by atoms with van der Waals surface area (Å²) in [4.78, 5) is 30.0. The van der Waals surface area contributed by atoms with E-state index in [-0.39, 0.29) is 0 Å². The minimum atomic E-state index is -1.76. The van der Waals surface area contributed by atoms with Crippen LogP contribution >= 0.6 is 11.8 Å². The summed E-state index contributed by atoms with van der Waals surface area (Å²) in [5.41, 5.74) is 0. The molecule has 132 valence electrons. The SMILES string of the molecule is C=C(SCC)C1(O)N(CCC)C(=O)N(CCC)C(=O)N1CCC. The molecule has 1 heterocycles. The molecule has 0 spiro atoms. The highest BCUT2D eigenvalue weighted by Crippen LogP contribution is 2.37. The number of carbonyl (C=O) groups excluding carboxylic acids is 2. The maximum atomic E-state index is 12.8. The molecule has 1 rings (SSSR count). The van der Waals surface area contributed by atoms with E-state index >= 15 is 0 Å². The number of hydrogen-bond donors (Lipinski definition) is 1. The second-order valence-corrected chi connectivity index (χ2v) is 6.87. The third-order valence-electron chi connectivity index (χ3n) is 3.71. The fourth-order valence-electron chi connectivity index (χ4n) is 2.72. The zero-order chi connectivity index (χ0) is 17.6. The lowest BCUT2D eigenvalue weighted by Crippen LogP contribution is -2.74. The molecule has 4 amide bonds. The van der Waals surface area contributed by atoms with E-state index in [0.29, 0.717) is 49.6 Å². The van der Waals surface area contributed by atoms with Crippen molar-refractivity contribution in [2.24, 2.45) is 0 Å². The zero-order valence-corrected chi connectivity index (χ0v) is 15.5. The molecule has 0 aliphatic carbocycles. The van der Waals surface area contributed by atoms with Gasteiger partial charge in [-0.25, -0.2) is 14.5 Å². The smallest absolute Gasteiger partial charge is 0.332 e. The fourth-order valence-corrected chi connectivity index (χ4v) is 3.49. The molecular weight excluding hydrogens is 314 g/mol. The van der Waals surface area contributed by atoms with Crippen molar-refractivity contribution < 1.29 is 14.7 Å². The number of carbonyl (C=O) groups is 2. The van der Waals surface area contributed by atoms with Crippen LogP contribution in [-0.2, 0) is 0 Å². The minimum absolute atomic E-state index is 0.349. The molecule has 1 aliphatic rings. The van der Waals surface area contributed by atoms with Crippen molar-refractivity contribution in [1.29, 1.82) is 0 Å². The number of nitrogens with zero attached hydrogens (tertiary/aromatic N) is 3. The van der Waals surface area contributed by atoms with Crippen molar-refractivity contribution in [1.82, 2.24) is 14.7 Å². The Bertz CT molecular complexity index is 430. The van der Waals surface area contributed by atoms with Crippen LogP contribution in [0.1, 0.15) is 47.0 Å². The standard InChI is InChI=1S/C16H29N3O3S/c1-6-10-17-14(20)18(11-7-2)16(22,13(5)23-9-4)19(12-8-3)15(17)21/h22H,5-12H2,1-4H3. The molecule has 0 atom stereocenters. The third-order valence-corrected chi connectivity index (χ3v) is 4.62. The van der Waals surface area contributed by atoms with Gasteiger partial charge in [-0.15, -0.1) is 11.8 Å². The lowest BCUT2D eigenvalue weighted by atomic mass is 10.2. The molecule has 7 heteroatoms. The monoisotopic (exact) mass is 343 g/mol. The molecule has 0 aromatic rings. The Morgan fingerprint density at radius 1 is 1.00 bits per heavy atom. The number of thioether (sulfide) groups is 1. The highest BCUT2D eigenvalue weighted by Gasteiger charge is 2.54. The van der Waals surface area contributed by atoms with Crippen LogP contribution in [0.5, 0.6) is 0 Å². The number of amides is 4. The molecule has 1 aliphatic heterocycles. The molecule has 0 radical (unpaired) electrons. The summed E-state index contributed by atoms with van der Waals surface area (Å²) >= 11 is 1.36. The second-order valence-electron chi connectivity index (χ2n) is 5.51. The van der Waals surface area contributed by atoms with Crippen molar-refractivity contribution in [2.75, 3.05) is 25.4 Å². The van der Waals surface area contributed by atoms with Gasteiger partial charge < -0.3 is 5.11 Å². The number of imide groups is 1. The first-order valence-electron chi connectivity index (χ1n) is 8.35. The fraction of sp³-hybridized carbons (Fsp3) is 0.750. The van der Waals surface area contributed by atoms with Gasteiger partial charge in [-0.1, -0.05) is 34.3 Å². The first-order chi connectivity index (χ1) is 10.9. The van der Waals surface area contributed by atoms with Gasteiger partial charge in [0.15, 0.2) is 0 Å². The number of urea groups is 2. The lowest BCUT2D eigenvalue weighted by Gasteiger charge is -2.53. The van der Waals surface area contributed by atoms with E-state index in [2.05, 4.69) is 6.58 Å². The first-order valence-corrected chi connectivity index (χ1v) is 9.33. The quantitative estimate of drug-likeness (QED) is 0.698. The van der Waals surface area contributed by atoms with E-state index in [1.807, 2.05) is 27.7 Å². The molecule has 0 aromatic carbocycles. The highest BCUT2D eigenvalue weighted by atomic mass is 32.2. The van der Waals surface area contributed by atoms with Crippen LogP contribution < -0.4 is 0 Å². The van der Waals surface area contributed by atoms with E-state index < -0.39 is 17.9 Å². The minimum Gasteiger partial charge on any atom is -0.349 e. The van der Waals surface area contributed by atoms with E-state index in [4.69, 9.17) is 0 Å². The predicted molar refractivity (Wildman–Crippen MR) is 94.0 cm³/mol. The van der Waals surface area contributed by atoms with Gasteiger partial charge >= 0.3 is 12.1 Å². The zero-order valence-electron chi connectivity index (χ0n) is 14.7. The van der Waals surface area contributed by atoms with Gasteiger partial charge in [0.1, 0.15) is 0 Å². The maximum Gasteiger partial charge on any atom is 0.332 e. The van der Waals surface area contributed by atoms with Gasteiger partial charge in [0, 0.05) is 19.6 Å². The maximum absolute atomic E-state index is 12.8. The molecule has 1 N–H and O–H groups in total. The summed E-state index contributed by atoms with van der Waals surface area (Å²) in [6.45, 7) is 12.8. The lowest BCUT2D eigenvalue weighted by molar-refractivity contribution is -0.159. The Hall–Kier alpha value is -1.21. The van der Waals surface area contributed by atoms with Crippen LogP contribution in [0.3, 0.4) is 0 Å². The van der Waals surface area contributed by atoms with Crippen LogP contribution in [0.15, 0.2) is 11.5 Å². The summed E-state index contributed by atoms with van der Waals surface area (Å²) in [5, 5.41) is 11.3. The molecule has 23 heavy (non-hydrogen) atoms. The summed E-state index contributed by atoms with van der Waals surface area (Å²) in [6.07, 6.45) is 2.05. The summed E-state index contributed by atoms with van der Waals surface area (Å²) in [7, 11) is 0. The normalized spacial score (nSPS) is 17.9. The van der Waals surface area contributed by atoms with Gasteiger partial charge in [-0.05, 0) is 25.0 Å². The first kappa shape index (κ1) is 19.8. The van der Waals surface area contributed by atoms with E-state index in [0.717, 1.165) is 0 Å². The molecule has 0 unspecified atom stereocenters. The Balaban J connectivity index is 3.36. The van der Waals surface area contributed by atoms with Crippen molar-refractivity contribution in [3.05, 3.63) is 11.5 Å². The van der Waals surface area contributed by atoms with Crippen LogP contribution in [0.4, 0.5) is 9.59 Å². The van der Waals surface area contributed by atoms with Crippen LogP contribution in [0.2, 0.25) is 0 Å². The van der Waals surface area contributed by atoms with Gasteiger partial charge in [-0.2, -0.15) is 0 Å². The number of rotatable bonds is 9. The predicted octanol–water partition coefficient (Wildman–Crippen LogP) is 3.29. The molecule has 6 nitrogen and oxygen atoms in total. The molecule has 1 saturated heterocycles. The van der Waals surface area contributed by atoms with Crippen molar-refractivity contribution >= 4 is 23.8 Å². The van der Waals surface area contributed by atoms with Gasteiger partial charge in [0.05, 0.1) is 4.91 Å². The van der Waals surface area contributed by atoms with E-state index in [1.165, 1.54) is 26.5 Å². The van der Waals surface area contributed by atoms with Crippen LogP contribution in [-0.4, -0.2) is 63.1 Å². The third kappa shape index (κ3) is 3.66. The number of aliphatic hydroxyl groups is 1. The average Bonchev–Trinajstić information content (AvgIpc) is 2.52. The molecular formula is C16H29N3O3S. The van der Waals surface area contributed by atoms with Gasteiger partial charge in [0.25, 0.3) is 5.85 Å². The van der Waals surface area contributed by atoms with Gasteiger partial charge in [0.2, 0.25) is 0 Å². The summed E-state index contributed by atoms with van der Waals surface area (Å²) in [6, 6.07) is -0.877.